The zero-order chi connectivity index (χ0) is 23.6. The summed E-state index contributed by atoms with van der Waals surface area (Å²) in [4.78, 5) is 1.37. The maximum absolute atomic E-state index is 5.85. The Morgan fingerprint density at radius 2 is 1.59 bits per heavy atom. The first-order valence-corrected chi connectivity index (χ1v) is 15.1. The van der Waals surface area contributed by atoms with E-state index in [0.717, 1.165) is 12.1 Å². The Hall–Kier alpha value is -1.85. The van der Waals surface area contributed by atoms with Gasteiger partial charge in [0.2, 0.25) is 0 Å². The third kappa shape index (κ3) is 11.1. The summed E-state index contributed by atoms with van der Waals surface area (Å²) < 4.78 is 5.47. The lowest BCUT2D eigenvalue weighted by Crippen LogP contribution is -1.91. The Labute approximate surface area is 210 Å². The lowest BCUT2D eigenvalue weighted by Gasteiger charge is -2.04. The molecule has 3 rings (SSSR count). The number of para-hydroxylation sites is 1. The maximum atomic E-state index is 5.85. The number of hydrogen-bond donors (Lipinski definition) is 1. The molecule has 0 amide bonds. The molecule has 3 aromatic carbocycles. The number of benzene rings is 3. The molecule has 0 spiro atoms. The normalized spacial score (nSPS) is 10.2. The van der Waals surface area contributed by atoms with Crippen molar-refractivity contribution in [3.8, 4) is 0 Å². The Balaban J connectivity index is 0.000000276. The van der Waals surface area contributed by atoms with E-state index in [1.165, 1.54) is 52.5 Å². The fourth-order valence-corrected chi connectivity index (χ4v) is 3.74. The van der Waals surface area contributed by atoms with Crippen LogP contribution in [0.4, 0.5) is 5.69 Å². The molecule has 0 atom stereocenters. The maximum Gasteiger partial charge on any atom is 0.0349 e. The summed E-state index contributed by atoms with van der Waals surface area (Å²) in [6.07, 6.45) is 12.7. The van der Waals surface area contributed by atoms with Crippen LogP contribution in [0, 0.1) is 6.92 Å². The number of halogens is 1. The average Bonchev–Trinajstić information content (AvgIpc) is 2.82. The molecule has 0 saturated carbocycles. The minimum Gasteiger partial charge on any atom is -0.398 e. The van der Waals surface area contributed by atoms with Crippen molar-refractivity contribution in [1.82, 2.24) is 0 Å². The fraction of sp³-hybridized carbons (Fsp3) is 0.276. The summed E-state index contributed by atoms with van der Waals surface area (Å²) in [5.41, 5.74) is 9.34. The summed E-state index contributed by atoms with van der Waals surface area (Å²) in [5, 5.41) is 2.66. The molecule has 3 aromatic rings. The van der Waals surface area contributed by atoms with Gasteiger partial charge in [-0.1, -0.05) is 91.5 Å². The third-order valence-electron chi connectivity index (χ3n) is 4.91. The number of thioether (sulfide) groups is 1. The molecule has 0 aromatic heterocycles. The van der Waals surface area contributed by atoms with Crippen LogP contribution in [-0.4, -0.2) is 10.8 Å². The van der Waals surface area contributed by atoms with Crippen LogP contribution in [-0.2, 0) is 6.42 Å². The van der Waals surface area contributed by atoms with Crippen molar-refractivity contribution in [2.24, 2.45) is 0 Å². The van der Waals surface area contributed by atoms with Crippen molar-refractivity contribution in [2.45, 2.75) is 50.8 Å². The first kappa shape index (κ1) is 28.2. The van der Waals surface area contributed by atoms with Gasteiger partial charge in [-0.2, -0.15) is 0 Å². The zero-order valence-corrected chi connectivity index (χ0v) is 22.8. The van der Waals surface area contributed by atoms with Gasteiger partial charge in [0.05, 0.1) is 0 Å². The summed E-state index contributed by atoms with van der Waals surface area (Å²) in [7, 11) is 0. The first-order valence-electron chi connectivity index (χ1n) is 11.1. The molecule has 0 unspecified atom stereocenters. The molecule has 0 radical (unpaired) electrons. The number of rotatable bonds is 8. The minimum atomic E-state index is 0.124. The van der Waals surface area contributed by atoms with E-state index in [0.29, 0.717) is 0 Å². The van der Waals surface area contributed by atoms with E-state index >= 15 is 0 Å². The van der Waals surface area contributed by atoms with Crippen molar-refractivity contribution in [3.63, 3.8) is 0 Å². The Morgan fingerprint density at radius 3 is 2.19 bits per heavy atom. The van der Waals surface area contributed by atoms with Crippen molar-refractivity contribution >= 4 is 53.5 Å². The molecular weight excluding hydrogens is 521 g/mol. The van der Waals surface area contributed by atoms with Gasteiger partial charge in [-0.25, -0.2) is 0 Å². The van der Waals surface area contributed by atoms with E-state index < -0.39 is 0 Å². The zero-order valence-electron chi connectivity index (χ0n) is 19.8. The molecule has 0 fully saturated rings. The van der Waals surface area contributed by atoms with Crippen molar-refractivity contribution in [2.75, 3.05) is 12.0 Å². The lowest BCUT2D eigenvalue weighted by molar-refractivity contribution is 0.728. The number of nitrogens with two attached hydrogens (primary N) is 1. The molecule has 1 nitrogen and oxygen atoms in total. The average molecular weight is 560 g/mol. The summed E-state index contributed by atoms with van der Waals surface area (Å²) in [6, 6.07) is 21.1. The fourth-order valence-electron chi connectivity index (χ4n) is 3.11. The van der Waals surface area contributed by atoms with Gasteiger partial charge in [-0.05, 0) is 70.6 Å². The highest BCUT2D eigenvalue weighted by atomic mass is 127. The van der Waals surface area contributed by atoms with Gasteiger partial charge >= 0.3 is 0 Å². The predicted octanol–water partition coefficient (Wildman–Crippen LogP) is 9.35. The van der Waals surface area contributed by atoms with E-state index in [1.54, 1.807) is 0 Å². The quantitative estimate of drug-likeness (QED) is 0.0978. The number of nitrogen functional groups attached to an aromatic ring is 1. The minimum absolute atomic E-state index is 0.124. The largest absolute Gasteiger partial charge is 0.398 e. The van der Waals surface area contributed by atoms with Crippen LogP contribution in [0.5, 0.6) is 0 Å². The Bertz CT molecular complexity index is 972. The van der Waals surface area contributed by atoms with Crippen LogP contribution in [0.1, 0.15) is 43.7 Å². The van der Waals surface area contributed by atoms with Gasteiger partial charge in [0.1, 0.15) is 0 Å². The second-order valence-electron chi connectivity index (χ2n) is 7.35. The number of hydrogen-bond acceptors (Lipinski definition) is 2. The Kier molecular flexibility index (Phi) is 15.6. The Morgan fingerprint density at radius 1 is 0.969 bits per heavy atom. The number of aryl methyl sites for hydroxylation is 1. The highest BCUT2D eigenvalue weighted by Crippen LogP contribution is 2.25. The van der Waals surface area contributed by atoms with Gasteiger partial charge in [-0.15, -0.1) is 32.5 Å². The number of unbranched alkanes of at least 4 members (excludes halogenated alkanes) is 3. The molecule has 2 N–H and O–H groups in total. The van der Waals surface area contributed by atoms with Gasteiger partial charge < -0.3 is 5.73 Å². The highest BCUT2D eigenvalue weighted by Gasteiger charge is 1.98. The molecule has 0 aliphatic rings. The molecular formula is C29H38INS. The van der Waals surface area contributed by atoms with Crippen LogP contribution in [0.3, 0.4) is 0 Å². The highest BCUT2D eigenvalue weighted by molar-refractivity contribution is 14.2. The van der Waals surface area contributed by atoms with Crippen LogP contribution < -0.4 is 5.73 Å². The van der Waals surface area contributed by atoms with Crippen molar-refractivity contribution in [3.05, 3.63) is 94.6 Å². The second kappa shape index (κ2) is 17.7. The van der Waals surface area contributed by atoms with E-state index in [4.69, 9.17) is 5.73 Å². The van der Waals surface area contributed by atoms with Gasteiger partial charge in [0.25, 0.3) is 0 Å². The first-order chi connectivity index (χ1) is 15.6. The standard InChI is InChI=1S/C14H21N.C12H12S.C3H5I/c1-2-3-4-5-6-7-10-13-11-8-9-12-14(13)15;1-9-7-10-5-3-4-6-11(10)8-12(9)13-2;1-3-4-2/h6-9,11-12H,2-5,10,15H2,1H3;3-8H,1-2H3;3H,1-2H2/b7-6-;;. The topological polar surface area (TPSA) is 26.0 Å². The summed E-state index contributed by atoms with van der Waals surface area (Å²) in [6.45, 7) is 7.86. The lowest BCUT2D eigenvalue weighted by atomic mass is 10.1. The van der Waals surface area contributed by atoms with E-state index in [9.17, 15) is 0 Å². The van der Waals surface area contributed by atoms with Crippen molar-refractivity contribution < 1.29 is 0 Å². The van der Waals surface area contributed by atoms with Crippen LogP contribution in [0.2, 0.25) is 0 Å². The number of anilines is 1. The second-order valence-corrected chi connectivity index (χ2v) is 9.96. The van der Waals surface area contributed by atoms with E-state index in [-0.39, 0.29) is 20.7 Å². The molecule has 3 heteroatoms. The summed E-state index contributed by atoms with van der Waals surface area (Å²) in [5.74, 6) is 0. The van der Waals surface area contributed by atoms with E-state index in [1.807, 2.05) is 34.0 Å². The number of fused-ring (bicyclic) bond motifs is 1. The monoisotopic (exact) mass is 559 g/mol. The molecule has 32 heavy (non-hydrogen) atoms. The van der Waals surface area contributed by atoms with Crippen LogP contribution in [0.15, 0.2) is 88.4 Å². The van der Waals surface area contributed by atoms with Gasteiger partial charge in [0.15, 0.2) is 0 Å². The van der Waals surface area contributed by atoms with Crippen LogP contribution >= 0.6 is 32.5 Å². The molecule has 0 saturated heterocycles. The molecule has 0 heterocycles. The van der Waals surface area contributed by atoms with Crippen molar-refractivity contribution in [1.29, 1.82) is 0 Å². The van der Waals surface area contributed by atoms with Gasteiger partial charge in [-0.3, -0.25) is 0 Å². The molecule has 0 aliphatic heterocycles. The predicted molar refractivity (Wildman–Crippen MR) is 160 cm³/mol. The van der Waals surface area contributed by atoms with E-state index in [2.05, 4.69) is 85.8 Å². The molecule has 0 aliphatic carbocycles. The third-order valence-corrected chi connectivity index (χ3v) is 6.41. The molecule has 172 valence electrons. The SMILES string of the molecule is C=CI=C.CCCCC/C=C\Cc1ccccc1N.CSc1cc2ccccc2cc1C. The summed E-state index contributed by atoms with van der Waals surface area (Å²) >= 11 is 1.93. The smallest absolute Gasteiger partial charge is 0.0349 e. The van der Waals surface area contributed by atoms with Crippen LogP contribution in [0.25, 0.3) is 10.8 Å². The molecule has 0 bridgehead atoms. The van der Waals surface area contributed by atoms with Gasteiger partial charge in [0, 0.05) is 10.6 Å². The number of allylic oxidation sites excluding steroid dienone is 2.